The molecule has 2 aromatic heterocycles. The van der Waals surface area contributed by atoms with Gasteiger partial charge in [-0.1, -0.05) is 17.7 Å². The number of aromatic nitrogens is 3. The molecule has 0 aromatic carbocycles. The average molecular weight is 376 g/mol. The summed E-state index contributed by atoms with van der Waals surface area (Å²) in [4.78, 5) is 20.5. The van der Waals surface area contributed by atoms with Gasteiger partial charge in [0.05, 0.1) is 6.54 Å². The Kier molecular flexibility index (Phi) is 6.00. The maximum atomic E-state index is 12.7. The van der Waals surface area contributed by atoms with Crippen LogP contribution in [0.1, 0.15) is 42.6 Å². The van der Waals surface area contributed by atoms with E-state index in [1.807, 2.05) is 25.1 Å². The normalized spacial score (nSPS) is 18.0. The Morgan fingerprint density at radius 2 is 2.23 bits per heavy atom. The number of carbonyl (C=O) groups excluding carboxylic acids is 1. The van der Waals surface area contributed by atoms with Gasteiger partial charge in [0.25, 0.3) is 0 Å². The Hall–Kier alpha value is -2.25. The van der Waals surface area contributed by atoms with Crippen LogP contribution >= 0.6 is 11.6 Å². The Bertz CT molecular complexity index is 772. The highest BCUT2D eigenvalue weighted by Gasteiger charge is 2.31. The second-order valence-corrected chi connectivity index (χ2v) is 6.95. The SMILES string of the molecule is CN(C)Cc1nnc(C2CCCCN2C(=O)/C=C/c2ccc(Cl)nc2)o1. The van der Waals surface area contributed by atoms with Crippen molar-refractivity contribution < 1.29 is 9.21 Å². The first-order valence-electron chi connectivity index (χ1n) is 8.60. The molecule has 3 rings (SSSR count). The predicted molar refractivity (Wildman–Crippen MR) is 98.3 cm³/mol. The lowest BCUT2D eigenvalue weighted by Gasteiger charge is -2.32. The second-order valence-electron chi connectivity index (χ2n) is 6.56. The average Bonchev–Trinajstić information content (AvgIpc) is 3.08. The molecule has 7 nitrogen and oxygen atoms in total. The highest BCUT2D eigenvalue weighted by atomic mass is 35.5. The molecule has 1 saturated heterocycles. The molecule has 0 aliphatic carbocycles. The molecule has 138 valence electrons. The van der Waals surface area contributed by atoms with Crippen molar-refractivity contribution in [3.05, 3.63) is 46.9 Å². The van der Waals surface area contributed by atoms with E-state index < -0.39 is 0 Å². The number of hydrogen-bond acceptors (Lipinski definition) is 6. The Morgan fingerprint density at radius 1 is 1.38 bits per heavy atom. The summed E-state index contributed by atoms with van der Waals surface area (Å²) in [5.41, 5.74) is 0.822. The van der Waals surface area contributed by atoms with Crippen molar-refractivity contribution in [1.82, 2.24) is 25.0 Å². The van der Waals surface area contributed by atoms with Gasteiger partial charge in [-0.25, -0.2) is 4.98 Å². The molecule has 1 aliphatic rings. The fourth-order valence-electron chi connectivity index (χ4n) is 2.94. The number of carbonyl (C=O) groups is 1. The van der Waals surface area contributed by atoms with Crippen molar-refractivity contribution in [1.29, 1.82) is 0 Å². The zero-order valence-corrected chi connectivity index (χ0v) is 15.7. The van der Waals surface area contributed by atoms with Gasteiger partial charge in [-0.2, -0.15) is 0 Å². The number of pyridine rings is 1. The molecule has 1 atom stereocenters. The third kappa shape index (κ3) is 4.68. The third-order valence-electron chi connectivity index (χ3n) is 4.17. The molecule has 0 bridgehead atoms. The number of amides is 1. The zero-order chi connectivity index (χ0) is 18.5. The zero-order valence-electron chi connectivity index (χ0n) is 14.9. The Labute approximate surface area is 157 Å². The molecular weight excluding hydrogens is 354 g/mol. The van der Waals surface area contributed by atoms with Crippen LogP contribution in [-0.2, 0) is 11.3 Å². The minimum absolute atomic E-state index is 0.0722. The number of hydrogen-bond donors (Lipinski definition) is 0. The van der Waals surface area contributed by atoms with Crippen LogP contribution in [0.4, 0.5) is 0 Å². The monoisotopic (exact) mass is 375 g/mol. The standard InChI is InChI=1S/C18H22ClN5O2/c1-23(2)12-16-21-22-18(26-16)14-5-3-4-10-24(14)17(25)9-7-13-6-8-15(19)20-11-13/h6-9,11,14H,3-5,10,12H2,1-2H3/b9-7+. The fraction of sp³-hybridized carbons (Fsp3) is 0.444. The predicted octanol–water partition coefficient (Wildman–Crippen LogP) is 2.95. The lowest BCUT2D eigenvalue weighted by atomic mass is 10.0. The molecule has 1 fully saturated rings. The Morgan fingerprint density at radius 3 is 2.96 bits per heavy atom. The molecule has 8 heteroatoms. The summed E-state index contributed by atoms with van der Waals surface area (Å²) in [6, 6.07) is 3.34. The maximum absolute atomic E-state index is 12.7. The van der Waals surface area contributed by atoms with Crippen LogP contribution < -0.4 is 0 Å². The van der Waals surface area contributed by atoms with Crippen molar-refractivity contribution in [3.8, 4) is 0 Å². The topological polar surface area (TPSA) is 75.4 Å². The molecule has 1 aliphatic heterocycles. The molecule has 0 radical (unpaired) electrons. The lowest BCUT2D eigenvalue weighted by Crippen LogP contribution is -2.37. The van der Waals surface area contributed by atoms with Crippen LogP contribution in [0.5, 0.6) is 0 Å². The van der Waals surface area contributed by atoms with Gasteiger partial charge in [0.1, 0.15) is 11.2 Å². The minimum Gasteiger partial charge on any atom is -0.422 e. The van der Waals surface area contributed by atoms with E-state index >= 15 is 0 Å². The number of nitrogens with zero attached hydrogens (tertiary/aromatic N) is 5. The van der Waals surface area contributed by atoms with Crippen LogP contribution in [0, 0.1) is 0 Å². The number of piperidine rings is 1. The van der Waals surface area contributed by atoms with Crippen LogP contribution in [0.25, 0.3) is 6.08 Å². The number of likely N-dealkylation sites (tertiary alicyclic amines) is 1. The molecule has 0 N–H and O–H groups in total. The fourth-order valence-corrected chi connectivity index (χ4v) is 3.05. The van der Waals surface area contributed by atoms with E-state index in [1.54, 1.807) is 29.3 Å². The number of rotatable bonds is 5. The van der Waals surface area contributed by atoms with Gasteiger partial charge < -0.3 is 14.2 Å². The summed E-state index contributed by atoms with van der Waals surface area (Å²) >= 11 is 5.78. The smallest absolute Gasteiger partial charge is 0.247 e. The van der Waals surface area contributed by atoms with Gasteiger partial charge in [0.15, 0.2) is 0 Å². The van der Waals surface area contributed by atoms with Gasteiger partial charge >= 0.3 is 0 Å². The quantitative estimate of drug-likeness (QED) is 0.590. The van der Waals surface area contributed by atoms with Gasteiger partial charge in [-0.05, 0) is 51.1 Å². The van der Waals surface area contributed by atoms with Crippen molar-refractivity contribution in [2.75, 3.05) is 20.6 Å². The van der Waals surface area contributed by atoms with Gasteiger partial charge in [-0.15, -0.1) is 10.2 Å². The van der Waals surface area contributed by atoms with Crippen LogP contribution in [0.15, 0.2) is 28.8 Å². The van der Waals surface area contributed by atoms with Crippen molar-refractivity contribution in [2.45, 2.75) is 31.8 Å². The van der Waals surface area contributed by atoms with E-state index in [0.717, 1.165) is 24.8 Å². The summed E-state index contributed by atoms with van der Waals surface area (Å²) in [6.07, 6.45) is 7.75. The van der Waals surface area contributed by atoms with Crippen molar-refractivity contribution >= 4 is 23.6 Å². The van der Waals surface area contributed by atoms with E-state index in [2.05, 4.69) is 15.2 Å². The highest BCUT2D eigenvalue weighted by Crippen LogP contribution is 2.30. The summed E-state index contributed by atoms with van der Waals surface area (Å²) in [5.74, 6) is 0.999. The first-order valence-corrected chi connectivity index (χ1v) is 8.98. The molecule has 26 heavy (non-hydrogen) atoms. The van der Waals surface area contributed by atoms with Crippen molar-refractivity contribution in [2.24, 2.45) is 0 Å². The first kappa shape index (κ1) is 18.5. The van der Waals surface area contributed by atoms with Gasteiger partial charge in [0.2, 0.25) is 17.7 Å². The number of halogens is 1. The molecule has 1 unspecified atom stereocenters. The largest absolute Gasteiger partial charge is 0.422 e. The van der Waals surface area contributed by atoms with Gasteiger partial charge in [-0.3, -0.25) is 4.79 Å². The third-order valence-corrected chi connectivity index (χ3v) is 4.40. The van der Waals surface area contributed by atoms with Gasteiger partial charge in [0, 0.05) is 18.8 Å². The van der Waals surface area contributed by atoms with E-state index in [0.29, 0.717) is 30.0 Å². The van der Waals surface area contributed by atoms with E-state index in [9.17, 15) is 4.79 Å². The Balaban J connectivity index is 1.72. The molecule has 0 saturated carbocycles. The van der Waals surface area contributed by atoms with Crippen molar-refractivity contribution in [3.63, 3.8) is 0 Å². The molecular formula is C18H22ClN5O2. The lowest BCUT2D eigenvalue weighted by molar-refractivity contribution is -0.130. The minimum atomic E-state index is -0.173. The second kappa shape index (κ2) is 8.42. The molecule has 1 amide bonds. The van der Waals surface area contributed by atoms with Crippen LogP contribution in [0.2, 0.25) is 5.15 Å². The first-order chi connectivity index (χ1) is 12.5. The summed E-state index contributed by atoms with van der Waals surface area (Å²) in [6.45, 7) is 1.26. The molecule has 3 heterocycles. The maximum Gasteiger partial charge on any atom is 0.247 e. The van der Waals surface area contributed by atoms with Crippen LogP contribution in [0.3, 0.4) is 0 Å². The summed E-state index contributed by atoms with van der Waals surface area (Å²) < 4.78 is 5.78. The summed E-state index contributed by atoms with van der Waals surface area (Å²) in [5, 5.41) is 8.69. The highest BCUT2D eigenvalue weighted by molar-refractivity contribution is 6.29. The van der Waals surface area contributed by atoms with Crippen LogP contribution in [-0.4, -0.2) is 51.5 Å². The molecule has 2 aromatic rings. The molecule has 0 spiro atoms. The van der Waals surface area contributed by atoms with E-state index in [1.165, 1.54) is 0 Å². The van der Waals surface area contributed by atoms with E-state index in [4.69, 9.17) is 16.0 Å². The summed E-state index contributed by atoms with van der Waals surface area (Å²) in [7, 11) is 3.88. The van der Waals surface area contributed by atoms with E-state index in [-0.39, 0.29) is 11.9 Å².